The van der Waals surface area contributed by atoms with Crippen LogP contribution >= 0.6 is 11.6 Å². The number of alkyl halides is 1. The van der Waals surface area contributed by atoms with E-state index < -0.39 is 0 Å². The third-order valence-corrected chi connectivity index (χ3v) is 3.38. The lowest BCUT2D eigenvalue weighted by Gasteiger charge is -2.14. The molecule has 0 bridgehead atoms. The molecule has 0 aromatic heterocycles. The predicted molar refractivity (Wildman–Crippen MR) is 80.0 cm³/mol. The smallest absolute Gasteiger partial charge is 0.0322 e. The topological polar surface area (TPSA) is 12.0 Å². The van der Waals surface area contributed by atoms with Crippen LogP contribution in [-0.2, 0) is 0 Å². The number of nitrogens with one attached hydrogen (secondary N) is 1. The van der Waals surface area contributed by atoms with E-state index in [1.54, 1.807) is 0 Å². The number of rotatable bonds is 12. The Bertz CT molecular complexity index is 148. The van der Waals surface area contributed by atoms with Crippen LogP contribution in [0.5, 0.6) is 0 Å². The van der Waals surface area contributed by atoms with Crippen LogP contribution in [0, 0.1) is 0 Å². The number of halogens is 1. The molecule has 2 atom stereocenters. The molecule has 0 heterocycles. The Kier molecular flexibility index (Phi) is 12.9. The Hall–Kier alpha value is 0.250. The molecule has 1 N–H and O–H groups in total. The quantitative estimate of drug-likeness (QED) is 0.380. The average Bonchev–Trinajstić information content (AvgIpc) is 2.26. The van der Waals surface area contributed by atoms with E-state index in [0.29, 0.717) is 6.04 Å². The van der Waals surface area contributed by atoms with Gasteiger partial charge in [-0.05, 0) is 33.2 Å². The van der Waals surface area contributed by atoms with Crippen molar-refractivity contribution in [2.24, 2.45) is 0 Å². The molecule has 0 saturated heterocycles. The Morgan fingerprint density at radius 3 is 1.94 bits per heavy atom. The van der Waals surface area contributed by atoms with Crippen LogP contribution in [-0.4, -0.2) is 18.0 Å². The van der Waals surface area contributed by atoms with Gasteiger partial charge in [-0.3, -0.25) is 0 Å². The largest absolute Gasteiger partial charge is 0.314 e. The minimum absolute atomic E-state index is 0.288. The van der Waals surface area contributed by atoms with E-state index in [1.807, 2.05) is 0 Å². The molecule has 1 nitrogen and oxygen atoms in total. The summed E-state index contributed by atoms with van der Waals surface area (Å²) in [6.45, 7) is 7.72. The third-order valence-electron chi connectivity index (χ3n) is 3.20. The summed E-state index contributed by atoms with van der Waals surface area (Å²) < 4.78 is 0. The SMILES string of the molecule is CCCCCCCCCCNC(C)CC(C)Cl. The zero-order valence-corrected chi connectivity index (χ0v) is 12.9. The van der Waals surface area contributed by atoms with Gasteiger partial charge in [0, 0.05) is 11.4 Å². The van der Waals surface area contributed by atoms with Crippen molar-refractivity contribution in [3.63, 3.8) is 0 Å². The third kappa shape index (κ3) is 14.2. The number of hydrogen-bond donors (Lipinski definition) is 1. The van der Waals surface area contributed by atoms with E-state index in [1.165, 1.54) is 51.4 Å². The number of unbranched alkanes of at least 4 members (excludes halogenated alkanes) is 7. The van der Waals surface area contributed by atoms with Crippen molar-refractivity contribution in [3.05, 3.63) is 0 Å². The second-order valence-electron chi connectivity index (χ2n) is 5.35. The molecule has 0 amide bonds. The monoisotopic (exact) mass is 261 g/mol. The highest BCUT2D eigenvalue weighted by Gasteiger charge is 2.04. The van der Waals surface area contributed by atoms with E-state index in [0.717, 1.165) is 13.0 Å². The van der Waals surface area contributed by atoms with Gasteiger partial charge in [0.05, 0.1) is 0 Å². The summed E-state index contributed by atoms with van der Waals surface area (Å²) in [5.74, 6) is 0. The van der Waals surface area contributed by atoms with Crippen LogP contribution in [0.25, 0.3) is 0 Å². The first kappa shape index (κ1) is 17.2. The summed E-state index contributed by atoms with van der Waals surface area (Å²) in [5.41, 5.74) is 0. The first-order chi connectivity index (χ1) is 8.16. The zero-order valence-electron chi connectivity index (χ0n) is 12.1. The second-order valence-corrected chi connectivity index (χ2v) is 6.09. The fourth-order valence-electron chi connectivity index (χ4n) is 2.18. The van der Waals surface area contributed by atoms with Crippen LogP contribution in [0.3, 0.4) is 0 Å². The van der Waals surface area contributed by atoms with Crippen LogP contribution in [0.2, 0.25) is 0 Å². The van der Waals surface area contributed by atoms with E-state index in [4.69, 9.17) is 11.6 Å². The van der Waals surface area contributed by atoms with Gasteiger partial charge in [-0.25, -0.2) is 0 Å². The lowest BCUT2D eigenvalue weighted by atomic mass is 10.1. The summed E-state index contributed by atoms with van der Waals surface area (Å²) in [5, 5.41) is 3.83. The van der Waals surface area contributed by atoms with Gasteiger partial charge in [-0.2, -0.15) is 0 Å². The zero-order chi connectivity index (χ0) is 12.9. The first-order valence-electron chi connectivity index (χ1n) is 7.54. The van der Waals surface area contributed by atoms with Crippen LogP contribution in [0.15, 0.2) is 0 Å². The molecule has 2 unspecified atom stereocenters. The van der Waals surface area contributed by atoms with Gasteiger partial charge in [0.15, 0.2) is 0 Å². The Morgan fingerprint density at radius 2 is 1.41 bits per heavy atom. The van der Waals surface area contributed by atoms with Crippen molar-refractivity contribution in [2.45, 2.75) is 90.0 Å². The summed E-state index contributed by atoms with van der Waals surface area (Å²) in [7, 11) is 0. The van der Waals surface area contributed by atoms with E-state index in [2.05, 4.69) is 26.1 Å². The lowest BCUT2D eigenvalue weighted by Crippen LogP contribution is -2.28. The molecule has 0 radical (unpaired) electrons. The van der Waals surface area contributed by atoms with Crippen molar-refractivity contribution in [1.29, 1.82) is 0 Å². The van der Waals surface area contributed by atoms with E-state index >= 15 is 0 Å². The fourth-order valence-corrected chi connectivity index (χ4v) is 2.45. The highest BCUT2D eigenvalue weighted by molar-refractivity contribution is 6.20. The fraction of sp³-hybridized carbons (Fsp3) is 1.00. The predicted octanol–water partition coefficient (Wildman–Crippen LogP) is 5.12. The van der Waals surface area contributed by atoms with Crippen molar-refractivity contribution in [3.8, 4) is 0 Å². The minimum atomic E-state index is 0.288. The second kappa shape index (κ2) is 12.7. The normalized spacial score (nSPS) is 14.8. The van der Waals surface area contributed by atoms with Gasteiger partial charge in [-0.15, -0.1) is 11.6 Å². The molecule has 0 spiro atoms. The van der Waals surface area contributed by atoms with Crippen molar-refractivity contribution < 1.29 is 0 Å². The highest BCUT2D eigenvalue weighted by Crippen LogP contribution is 2.08. The molecular formula is C15H32ClN. The maximum Gasteiger partial charge on any atom is 0.0322 e. The number of hydrogen-bond acceptors (Lipinski definition) is 1. The summed E-state index contributed by atoms with van der Waals surface area (Å²) in [4.78, 5) is 0. The highest BCUT2D eigenvalue weighted by atomic mass is 35.5. The van der Waals surface area contributed by atoms with Crippen molar-refractivity contribution in [1.82, 2.24) is 5.32 Å². The molecule has 0 aliphatic rings. The summed E-state index contributed by atoms with van der Waals surface area (Å²) >= 11 is 5.96. The molecule has 0 aromatic rings. The van der Waals surface area contributed by atoms with Crippen molar-refractivity contribution in [2.75, 3.05) is 6.54 Å². The van der Waals surface area contributed by atoms with Gasteiger partial charge >= 0.3 is 0 Å². The molecular weight excluding hydrogens is 230 g/mol. The Morgan fingerprint density at radius 1 is 0.882 bits per heavy atom. The average molecular weight is 262 g/mol. The van der Waals surface area contributed by atoms with Crippen LogP contribution < -0.4 is 5.32 Å². The first-order valence-corrected chi connectivity index (χ1v) is 7.98. The van der Waals surface area contributed by atoms with Gasteiger partial charge in [0.25, 0.3) is 0 Å². The standard InChI is InChI=1S/C15H32ClN/c1-4-5-6-7-8-9-10-11-12-17-15(3)13-14(2)16/h14-15,17H,4-13H2,1-3H3. The molecule has 0 rings (SSSR count). The molecule has 0 aromatic carbocycles. The summed E-state index contributed by atoms with van der Waals surface area (Å²) in [6.07, 6.45) is 12.2. The lowest BCUT2D eigenvalue weighted by molar-refractivity contribution is 0.487. The Labute approximate surface area is 114 Å². The van der Waals surface area contributed by atoms with Gasteiger partial charge in [0.2, 0.25) is 0 Å². The molecule has 2 heteroatoms. The van der Waals surface area contributed by atoms with Gasteiger partial charge < -0.3 is 5.32 Å². The van der Waals surface area contributed by atoms with E-state index in [9.17, 15) is 0 Å². The van der Waals surface area contributed by atoms with Gasteiger partial charge in [0.1, 0.15) is 0 Å². The molecule has 0 aliphatic carbocycles. The van der Waals surface area contributed by atoms with Crippen LogP contribution in [0.4, 0.5) is 0 Å². The minimum Gasteiger partial charge on any atom is -0.314 e. The molecule has 0 fully saturated rings. The maximum atomic E-state index is 5.96. The van der Waals surface area contributed by atoms with Crippen molar-refractivity contribution >= 4 is 11.6 Å². The maximum absolute atomic E-state index is 5.96. The molecule has 0 saturated carbocycles. The molecule has 104 valence electrons. The molecule has 0 aliphatic heterocycles. The van der Waals surface area contributed by atoms with Gasteiger partial charge in [-0.1, -0.05) is 51.9 Å². The summed E-state index contributed by atoms with van der Waals surface area (Å²) in [6, 6.07) is 0.562. The van der Waals surface area contributed by atoms with E-state index in [-0.39, 0.29) is 5.38 Å². The Balaban J connectivity index is 3.07. The molecule has 17 heavy (non-hydrogen) atoms. The van der Waals surface area contributed by atoms with Crippen LogP contribution in [0.1, 0.15) is 78.6 Å².